The first kappa shape index (κ1) is 13.5. The summed E-state index contributed by atoms with van der Waals surface area (Å²) in [6.45, 7) is 15.4. The van der Waals surface area contributed by atoms with E-state index < -0.39 is 0 Å². The van der Waals surface area contributed by atoms with Gasteiger partial charge in [-0.05, 0) is 42.9 Å². The molecule has 0 radical (unpaired) electrons. The molecular weight excluding hydrogens is 192 g/mol. The number of hydrogen-bond donors (Lipinski definition) is 0. The van der Waals surface area contributed by atoms with Gasteiger partial charge in [0.25, 0.3) is 0 Å². The van der Waals surface area contributed by atoms with Crippen LogP contribution in [0, 0.1) is 17.3 Å². The molecule has 1 fully saturated rings. The summed E-state index contributed by atoms with van der Waals surface area (Å²) in [7, 11) is 0. The Hall–Kier alpha value is -0.520. The second-order valence-corrected chi connectivity index (χ2v) is 5.78. The van der Waals surface area contributed by atoms with Gasteiger partial charge < -0.3 is 0 Å². The topological polar surface area (TPSA) is 0 Å². The van der Waals surface area contributed by atoms with Gasteiger partial charge in [0, 0.05) is 0 Å². The molecule has 0 aromatic carbocycles. The minimum Gasteiger partial charge on any atom is -0.103 e. The standard InChI is InChI=1S/C16H28/c1-6-8-10-13(3)15-11-9-12-16(5,7-2)14(15)4/h6,14-15H,1,3,7-12H2,2,4-5H3. The Morgan fingerprint density at radius 3 is 2.75 bits per heavy atom. The zero-order valence-corrected chi connectivity index (χ0v) is 11.4. The van der Waals surface area contributed by atoms with Crippen LogP contribution in [0.2, 0.25) is 0 Å². The third-order valence-corrected chi connectivity index (χ3v) is 4.97. The van der Waals surface area contributed by atoms with Crippen molar-refractivity contribution in [2.45, 2.75) is 59.3 Å². The fraction of sp³-hybridized carbons (Fsp3) is 0.750. The molecule has 0 bridgehead atoms. The molecule has 0 aromatic rings. The van der Waals surface area contributed by atoms with E-state index in [1.165, 1.54) is 31.3 Å². The first-order valence-electron chi connectivity index (χ1n) is 6.83. The Kier molecular flexibility index (Phi) is 4.83. The van der Waals surface area contributed by atoms with Crippen LogP contribution in [0.5, 0.6) is 0 Å². The lowest BCUT2D eigenvalue weighted by Crippen LogP contribution is -2.35. The van der Waals surface area contributed by atoms with E-state index in [0.717, 1.165) is 24.7 Å². The van der Waals surface area contributed by atoms with Gasteiger partial charge in [0.05, 0.1) is 0 Å². The Morgan fingerprint density at radius 1 is 1.50 bits per heavy atom. The van der Waals surface area contributed by atoms with Crippen molar-refractivity contribution in [1.29, 1.82) is 0 Å². The maximum atomic E-state index is 4.32. The van der Waals surface area contributed by atoms with E-state index in [1.807, 2.05) is 6.08 Å². The summed E-state index contributed by atoms with van der Waals surface area (Å²) < 4.78 is 0. The fourth-order valence-electron chi connectivity index (χ4n) is 3.22. The number of hydrogen-bond acceptors (Lipinski definition) is 0. The number of rotatable bonds is 5. The lowest BCUT2D eigenvalue weighted by molar-refractivity contribution is 0.0826. The van der Waals surface area contributed by atoms with Gasteiger partial charge in [-0.25, -0.2) is 0 Å². The second-order valence-electron chi connectivity index (χ2n) is 5.78. The highest BCUT2D eigenvalue weighted by atomic mass is 14.4. The molecule has 0 spiro atoms. The predicted molar refractivity (Wildman–Crippen MR) is 73.5 cm³/mol. The van der Waals surface area contributed by atoms with Crippen LogP contribution in [0.15, 0.2) is 24.8 Å². The molecule has 92 valence electrons. The molecule has 3 unspecified atom stereocenters. The third kappa shape index (κ3) is 2.78. The molecule has 1 aliphatic carbocycles. The van der Waals surface area contributed by atoms with Crippen LogP contribution >= 0.6 is 0 Å². The zero-order chi connectivity index (χ0) is 12.2. The summed E-state index contributed by atoms with van der Waals surface area (Å²) in [5.74, 6) is 1.54. The lowest BCUT2D eigenvalue weighted by atomic mass is 9.60. The first-order chi connectivity index (χ1) is 7.55. The van der Waals surface area contributed by atoms with Crippen molar-refractivity contribution < 1.29 is 0 Å². The molecule has 0 N–H and O–H groups in total. The summed E-state index contributed by atoms with van der Waals surface area (Å²) in [5, 5.41) is 0. The van der Waals surface area contributed by atoms with Crippen LogP contribution < -0.4 is 0 Å². The summed E-state index contributed by atoms with van der Waals surface area (Å²) in [6, 6.07) is 0. The SMILES string of the molecule is C=CCCC(=C)C1CCCC(C)(CC)C1C. The quantitative estimate of drug-likeness (QED) is 0.547. The minimum atomic E-state index is 0.542. The average Bonchev–Trinajstić information content (AvgIpc) is 2.29. The largest absolute Gasteiger partial charge is 0.103 e. The van der Waals surface area contributed by atoms with E-state index in [4.69, 9.17) is 0 Å². The molecule has 0 nitrogen and oxygen atoms in total. The Bertz CT molecular complexity index is 251. The summed E-state index contributed by atoms with van der Waals surface area (Å²) in [6.07, 6.45) is 9.68. The van der Waals surface area contributed by atoms with Gasteiger partial charge in [0.15, 0.2) is 0 Å². The third-order valence-electron chi connectivity index (χ3n) is 4.97. The van der Waals surface area contributed by atoms with E-state index in [0.29, 0.717) is 5.41 Å². The van der Waals surface area contributed by atoms with Crippen LogP contribution in [0.25, 0.3) is 0 Å². The van der Waals surface area contributed by atoms with Crippen molar-refractivity contribution >= 4 is 0 Å². The summed E-state index contributed by atoms with van der Waals surface area (Å²) >= 11 is 0. The van der Waals surface area contributed by atoms with Gasteiger partial charge in [0.1, 0.15) is 0 Å². The lowest BCUT2D eigenvalue weighted by Gasteiger charge is -2.45. The van der Waals surface area contributed by atoms with Gasteiger partial charge in [-0.3, -0.25) is 0 Å². The summed E-state index contributed by atoms with van der Waals surface area (Å²) in [4.78, 5) is 0. The Balaban J connectivity index is 2.66. The Labute approximate surface area is 102 Å². The zero-order valence-electron chi connectivity index (χ0n) is 11.4. The number of allylic oxidation sites excluding steroid dienone is 2. The highest BCUT2D eigenvalue weighted by molar-refractivity contribution is 5.07. The Morgan fingerprint density at radius 2 is 2.19 bits per heavy atom. The maximum absolute atomic E-state index is 4.32. The van der Waals surface area contributed by atoms with Crippen LogP contribution in [0.4, 0.5) is 0 Å². The van der Waals surface area contributed by atoms with E-state index in [-0.39, 0.29) is 0 Å². The van der Waals surface area contributed by atoms with Gasteiger partial charge in [-0.2, -0.15) is 0 Å². The van der Waals surface area contributed by atoms with Crippen LogP contribution in [0.3, 0.4) is 0 Å². The molecule has 1 saturated carbocycles. The van der Waals surface area contributed by atoms with Crippen molar-refractivity contribution in [3.63, 3.8) is 0 Å². The van der Waals surface area contributed by atoms with E-state index in [1.54, 1.807) is 0 Å². The second kappa shape index (κ2) is 5.70. The van der Waals surface area contributed by atoms with Crippen LogP contribution in [-0.4, -0.2) is 0 Å². The van der Waals surface area contributed by atoms with Gasteiger partial charge in [-0.15, -0.1) is 6.58 Å². The summed E-state index contributed by atoms with van der Waals surface area (Å²) in [5.41, 5.74) is 2.01. The van der Waals surface area contributed by atoms with Crippen molar-refractivity contribution in [1.82, 2.24) is 0 Å². The molecule has 1 aliphatic rings. The van der Waals surface area contributed by atoms with Gasteiger partial charge in [-0.1, -0.05) is 51.8 Å². The van der Waals surface area contributed by atoms with E-state index in [9.17, 15) is 0 Å². The molecule has 0 heteroatoms. The molecular formula is C16H28. The van der Waals surface area contributed by atoms with Gasteiger partial charge >= 0.3 is 0 Å². The van der Waals surface area contributed by atoms with Crippen molar-refractivity contribution in [2.24, 2.45) is 17.3 Å². The average molecular weight is 220 g/mol. The molecule has 0 amide bonds. The highest BCUT2D eigenvalue weighted by Crippen LogP contribution is 2.48. The smallest absolute Gasteiger partial charge is 0.0175 e. The van der Waals surface area contributed by atoms with Crippen LogP contribution in [0.1, 0.15) is 59.3 Å². The molecule has 0 heterocycles. The fourth-order valence-corrected chi connectivity index (χ4v) is 3.22. The predicted octanol–water partition coefficient (Wildman–Crippen LogP) is 5.36. The molecule has 16 heavy (non-hydrogen) atoms. The minimum absolute atomic E-state index is 0.542. The van der Waals surface area contributed by atoms with E-state index in [2.05, 4.69) is 33.9 Å². The molecule has 3 atom stereocenters. The van der Waals surface area contributed by atoms with Crippen molar-refractivity contribution in [2.75, 3.05) is 0 Å². The normalized spacial score (nSPS) is 34.7. The van der Waals surface area contributed by atoms with Crippen LogP contribution in [-0.2, 0) is 0 Å². The first-order valence-corrected chi connectivity index (χ1v) is 6.83. The molecule has 1 rings (SSSR count). The monoisotopic (exact) mass is 220 g/mol. The highest BCUT2D eigenvalue weighted by Gasteiger charge is 2.38. The van der Waals surface area contributed by atoms with Gasteiger partial charge in [0.2, 0.25) is 0 Å². The maximum Gasteiger partial charge on any atom is -0.0175 e. The molecule has 0 saturated heterocycles. The molecule has 0 aliphatic heterocycles. The van der Waals surface area contributed by atoms with Crippen molar-refractivity contribution in [3.05, 3.63) is 24.8 Å². The van der Waals surface area contributed by atoms with Crippen molar-refractivity contribution in [3.8, 4) is 0 Å². The molecule has 0 aromatic heterocycles. The van der Waals surface area contributed by atoms with E-state index >= 15 is 0 Å².